The molecule has 1 aliphatic rings. The van der Waals surface area contributed by atoms with Crippen LogP contribution in [-0.4, -0.2) is 36.2 Å². The van der Waals surface area contributed by atoms with Crippen molar-refractivity contribution in [3.63, 3.8) is 0 Å². The Bertz CT molecular complexity index is 582. The molecule has 6 nitrogen and oxygen atoms in total. The standard InChI is InChI=1S/C22H36O6/c1-8-27-21(25)19(15(6)23)14(5)20(16(7)24)22(26)28-18-11-13(4)9-10-17(18)12(2)3/h12-14,17-20H,8-11H2,1-7H3/t13-,14+,17+,18-,19+,20-/m1/s1. The van der Waals surface area contributed by atoms with Crippen LogP contribution < -0.4 is 0 Å². The van der Waals surface area contributed by atoms with Gasteiger partial charge in [0.25, 0.3) is 0 Å². The van der Waals surface area contributed by atoms with Gasteiger partial charge >= 0.3 is 11.9 Å². The number of ether oxygens (including phenoxy) is 2. The van der Waals surface area contributed by atoms with Crippen LogP contribution in [-0.2, 0) is 28.7 Å². The number of hydrogen-bond donors (Lipinski definition) is 0. The molecule has 1 fully saturated rings. The van der Waals surface area contributed by atoms with Crippen LogP contribution in [0.2, 0.25) is 0 Å². The van der Waals surface area contributed by atoms with Crippen molar-refractivity contribution in [3.8, 4) is 0 Å². The van der Waals surface area contributed by atoms with Gasteiger partial charge in [-0.3, -0.25) is 19.2 Å². The smallest absolute Gasteiger partial charge is 0.317 e. The number of carbonyl (C=O) groups excluding carboxylic acids is 4. The topological polar surface area (TPSA) is 86.7 Å². The van der Waals surface area contributed by atoms with Gasteiger partial charge < -0.3 is 9.47 Å². The molecule has 0 heterocycles. The first kappa shape index (κ1) is 24.3. The fourth-order valence-corrected chi connectivity index (χ4v) is 4.40. The van der Waals surface area contributed by atoms with E-state index >= 15 is 0 Å². The fraction of sp³-hybridized carbons (Fsp3) is 0.818. The van der Waals surface area contributed by atoms with Gasteiger partial charge in [0.05, 0.1) is 6.61 Å². The summed E-state index contributed by atoms with van der Waals surface area (Å²) in [5, 5.41) is 0. The van der Waals surface area contributed by atoms with E-state index in [0.717, 1.165) is 19.3 Å². The molecule has 0 bridgehead atoms. The highest BCUT2D eigenvalue weighted by molar-refractivity contribution is 6.02. The summed E-state index contributed by atoms with van der Waals surface area (Å²) >= 11 is 0. The lowest BCUT2D eigenvalue weighted by Gasteiger charge is -2.37. The van der Waals surface area contributed by atoms with Gasteiger partial charge in [0.2, 0.25) is 0 Å². The zero-order valence-electron chi connectivity index (χ0n) is 18.3. The molecule has 6 heteroatoms. The van der Waals surface area contributed by atoms with Gasteiger partial charge in [-0.25, -0.2) is 0 Å². The summed E-state index contributed by atoms with van der Waals surface area (Å²) in [6, 6.07) is 0. The Labute approximate surface area is 168 Å². The molecule has 0 unspecified atom stereocenters. The monoisotopic (exact) mass is 396 g/mol. The van der Waals surface area contributed by atoms with Gasteiger partial charge in [-0.05, 0) is 57.3 Å². The SMILES string of the molecule is CCOC(=O)[C@H](C(C)=O)[C@H](C)[C@H](C(C)=O)C(=O)O[C@@H]1C[C@H](C)CC[C@H]1C(C)C. The summed E-state index contributed by atoms with van der Waals surface area (Å²) in [5.74, 6) is -4.25. The van der Waals surface area contributed by atoms with Crippen molar-refractivity contribution in [1.29, 1.82) is 0 Å². The molecule has 6 atom stereocenters. The molecule has 160 valence electrons. The van der Waals surface area contributed by atoms with Crippen molar-refractivity contribution in [1.82, 2.24) is 0 Å². The zero-order valence-corrected chi connectivity index (χ0v) is 18.3. The van der Waals surface area contributed by atoms with E-state index in [9.17, 15) is 19.2 Å². The van der Waals surface area contributed by atoms with Crippen LogP contribution in [0.4, 0.5) is 0 Å². The van der Waals surface area contributed by atoms with Crippen LogP contribution in [0.25, 0.3) is 0 Å². The molecular formula is C22H36O6. The Kier molecular flexibility index (Phi) is 9.31. The van der Waals surface area contributed by atoms with Gasteiger partial charge in [0.1, 0.15) is 29.5 Å². The lowest BCUT2D eigenvalue weighted by molar-refractivity contribution is -0.167. The summed E-state index contributed by atoms with van der Waals surface area (Å²) in [7, 11) is 0. The largest absolute Gasteiger partial charge is 0.465 e. The van der Waals surface area contributed by atoms with Crippen molar-refractivity contribution >= 4 is 23.5 Å². The number of Topliss-reactive ketones (excluding diaryl/α,β-unsaturated/α-hetero) is 2. The minimum absolute atomic E-state index is 0.126. The molecule has 0 aromatic heterocycles. The predicted molar refractivity (Wildman–Crippen MR) is 105 cm³/mol. The van der Waals surface area contributed by atoms with Gasteiger partial charge in [-0.1, -0.05) is 34.1 Å². The zero-order chi connectivity index (χ0) is 21.6. The second kappa shape index (κ2) is 10.7. The highest BCUT2D eigenvalue weighted by atomic mass is 16.5. The number of esters is 2. The van der Waals surface area contributed by atoms with E-state index in [1.54, 1.807) is 13.8 Å². The molecule has 1 rings (SSSR count). The highest BCUT2D eigenvalue weighted by Gasteiger charge is 2.43. The van der Waals surface area contributed by atoms with Crippen molar-refractivity contribution in [3.05, 3.63) is 0 Å². The Morgan fingerprint density at radius 2 is 1.46 bits per heavy atom. The third-order valence-electron chi connectivity index (χ3n) is 5.95. The first-order valence-electron chi connectivity index (χ1n) is 10.4. The lowest BCUT2D eigenvalue weighted by atomic mass is 9.75. The molecular weight excluding hydrogens is 360 g/mol. The number of rotatable bonds is 9. The number of carbonyl (C=O) groups is 4. The van der Waals surface area contributed by atoms with Crippen molar-refractivity contribution in [2.24, 2.45) is 35.5 Å². The summed E-state index contributed by atoms with van der Waals surface area (Å²) in [4.78, 5) is 49.6. The molecule has 0 aliphatic heterocycles. The minimum Gasteiger partial charge on any atom is -0.465 e. The summed E-state index contributed by atoms with van der Waals surface area (Å²) < 4.78 is 10.8. The Morgan fingerprint density at radius 3 is 1.93 bits per heavy atom. The highest BCUT2D eigenvalue weighted by Crippen LogP contribution is 2.36. The van der Waals surface area contributed by atoms with Gasteiger partial charge in [-0.15, -0.1) is 0 Å². The van der Waals surface area contributed by atoms with Gasteiger partial charge in [-0.2, -0.15) is 0 Å². The summed E-state index contributed by atoms with van der Waals surface area (Å²) in [6.07, 6.45) is 2.60. The van der Waals surface area contributed by atoms with E-state index in [4.69, 9.17) is 9.47 Å². The molecule has 1 aliphatic carbocycles. The quantitative estimate of drug-likeness (QED) is 0.437. The van der Waals surface area contributed by atoms with Crippen LogP contribution in [0.1, 0.15) is 67.7 Å². The van der Waals surface area contributed by atoms with E-state index < -0.39 is 41.3 Å². The first-order chi connectivity index (χ1) is 13.0. The molecule has 0 aromatic rings. The normalized spacial score (nSPS) is 25.5. The maximum atomic E-state index is 13.0. The molecule has 1 saturated carbocycles. The summed E-state index contributed by atoms with van der Waals surface area (Å²) in [6.45, 7) is 12.3. The van der Waals surface area contributed by atoms with E-state index in [1.165, 1.54) is 13.8 Å². The van der Waals surface area contributed by atoms with E-state index in [1.807, 2.05) is 0 Å². The molecule has 0 aromatic carbocycles. The van der Waals surface area contributed by atoms with Crippen LogP contribution in [0.15, 0.2) is 0 Å². The molecule has 0 saturated heterocycles. The Balaban J connectivity index is 3.05. The number of hydrogen-bond acceptors (Lipinski definition) is 6. The fourth-order valence-electron chi connectivity index (χ4n) is 4.40. The third kappa shape index (κ3) is 6.14. The summed E-state index contributed by atoms with van der Waals surface area (Å²) in [5.41, 5.74) is 0. The second-order valence-electron chi connectivity index (χ2n) is 8.59. The van der Waals surface area contributed by atoms with E-state index in [0.29, 0.717) is 11.8 Å². The molecule has 0 amide bonds. The molecule has 0 radical (unpaired) electrons. The maximum Gasteiger partial charge on any atom is 0.317 e. The van der Waals surface area contributed by atoms with E-state index in [2.05, 4.69) is 20.8 Å². The Morgan fingerprint density at radius 1 is 0.929 bits per heavy atom. The van der Waals surface area contributed by atoms with E-state index in [-0.39, 0.29) is 18.6 Å². The second-order valence-corrected chi connectivity index (χ2v) is 8.59. The predicted octanol–water partition coefficient (Wildman–Crippen LogP) is 3.60. The third-order valence-corrected chi connectivity index (χ3v) is 5.95. The molecule has 28 heavy (non-hydrogen) atoms. The molecule has 0 N–H and O–H groups in total. The van der Waals surface area contributed by atoms with Crippen LogP contribution in [0.3, 0.4) is 0 Å². The molecule has 0 spiro atoms. The Hall–Kier alpha value is -1.72. The minimum atomic E-state index is -1.16. The maximum absolute atomic E-state index is 13.0. The first-order valence-corrected chi connectivity index (χ1v) is 10.4. The van der Waals surface area contributed by atoms with Crippen molar-refractivity contribution in [2.75, 3.05) is 6.61 Å². The van der Waals surface area contributed by atoms with Crippen LogP contribution >= 0.6 is 0 Å². The van der Waals surface area contributed by atoms with Crippen molar-refractivity contribution in [2.45, 2.75) is 73.8 Å². The average Bonchev–Trinajstić information content (AvgIpc) is 2.54. The number of ketones is 2. The van der Waals surface area contributed by atoms with Crippen LogP contribution in [0, 0.1) is 35.5 Å². The van der Waals surface area contributed by atoms with Gasteiger partial charge in [0.15, 0.2) is 0 Å². The average molecular weight is 397 g/mol. The van der Waals surface area contributed by atoms with Crippen molar-refractivity contribution < 1.29 is 28.7 Å². The van der Waals surface area contributed by atoms with Crippen LogP contribution in [0.5, 0.6) is 0 Å². The van der Waals surface area contributed by atoms with Gasteiger partial charge in [0, 0.05) is 0 Å². The lowest BCUT2D eigenvalue weighted by Crippen LogP contribution is -2.43.